The second-order valence-corrected chi connectivity index (χ2v) is 18.7. The van der Waals surface area contributed by atoms with Gasteiger partial charge in [0.25, 0.3) is 0 Å². The number of piperazine rings is 1. The maximum Gasteiger partial charge on any atom is 0.308 e. The van der Waals surface area contributed by atoms with Gasteiger partial charge >= 0.3 is 5.97 Å². The molecule has 7 atom stereocenters. The molecule has 2 unspecified atom stereocenters. The van der Waals surface area contributed by atoms with Gasteiger partial charge < -0.3 is 39.6 Å². The van der Waals surface area contributed by atoms with E-state index in [9.17, 15) is 29.7 Å². The quantitative estimate of drug-likeness (QED) is 0.0518. The lowest BCUT2D eigenvalue weighted by atomic mass is 9.73. The van der Waals surface area contributed by atoms with Gasteiger partial charge in [0, 0.05) is 47.4 Å². The number of aromatic hydroxyl groups is 1. The van der Waals surface area contributed by atoms with Gasteiger partial charge in [-0.2, -0.15) is 0 Å². The Morgan fingerprint density at radius 2 is 1.54 bits per heavy atom. The van der Waals surface area contributed by atoms with Gasteiger partial charge in [0.1, 0.15) is 12.0 Å². The largest absolute Gasteiger partial charge is 0.504 e. The fourth-order valence-electron chi connectivity index (χ4n) is 10.3. The summed E-state index contributed by atoms with van der Waals surface area (Å²) in [6, 6.07) is -1.28. The highest BCUT2D eigenvalue weighted by Crippen LogP contribution is 2.63. The molecule has 4 heterocycles. The fourth-order valence-corrected chi connectivity index (χ4v) is 11.9. The number of ether oxygens (including phenoxy) is 4. The van der Waals surface area contributed by atoms with Crippen LogP contribution in [0, 0.1) is 13.8 Å². The molecular formula is C47H69N3O10S. The van der Waals surface area contributed by atoms with Crippen molar-refractivity contribution in [1.82, 2.24) is 15.1 Å². The Morgan fingerprint density at radius 3 is 2.13 bits per heavy atom. The first kappa shape index (κ1) is 46.9. The Kier molecular flexibility index (Phi) is 16.3. The third-order valence-electron chi connectivity index (χ3n) is 13.3. The number of unbranched alkanes of at least 4 members (excludes halogenated alkanes) is 12. The predicted molar refractivity (Wildman–Crippen MR) is 236 cm³/mol. The van der Waals surface area contributed by atoms with E-state index in [4.69, 9.17) is 18.9 Å². The van der Waals surface area contributed by atoms with Gasteiger partial charge in [0.05, 0.1) is 43.1 Å². The second kappa shape index (κ2) is 21.2. The number of fused-ring (bicyclic) bond motifs is 9. The number of aliphatic hydroxyl groups is 2. The number of carbonyl (C=O) groups excluding carboxylic acids is 3. The van der Waals surface area contributed by atoms with Crippen LogP contribution in [0.3, 0.4) is 0 Å². The number of likely N-dealkylation sites (N-methyl/N-ethyl adjacent to an activating group) is 1. The number of methoxy groups -OCH3 is 1. The van der Waals surface area contributed by atoms with Gasteiger partial charge in [-0.25, -0.2) is 0 Å². The first-order valence-electron chi connectivity index (χ1n) is 22.6. The van der Waals surface area contributed by atoms with E-state index in [0.29, 0.717) is 52.3 Å². The zero-order valence-electron chi connectivity index (χ0n) is 37.3. The molecule has 4 aliphatic heterocycles. The number of nitrogens with zero attached hydrogens (tertiary/aromatic N) is 2. The number of nitrogens with one attached hydrogen (secondary N) is 1. The van der Waals surface area contributed by atoms with Crippen molar-refractivity contribution >= 4 is 29.4 Å². The number of Topliss-reactive ketones (excluding diaryl/α,β-unsaturated/α-hetero) is 1. The molecule has 1 fully saturated rings. The lowest BCUT2D eigenvalue weighted by Gasteiger charge is -2.61. The number of benzene rings is 2. The topological polar surface area (TPSA) is 167 Å². The maximum atomic E-state index is 13.4. The van der Waals surface area contributed by atoms with Gasteiger partial charge in [0.2, 0.25) is 12.7 Å². The number of aliphatic hydroxyl groups excluding tert-OH is 2. The molecule has 1 amide bonds. The monoisotopic (exact) mass is 867 g/mol. The third-order valence-corrected chi connectivity index (χ3v) is 14.7. The van der Waals surface area contributed by atoms with Crippen LogP contribution in [0.4, 0.5) is 0 Å². The van der Waals surface area contributed by atoms with Crippen LogP contribution in [0.15, 0.2) is 6.07 Å². The summed E-state index contributed by atoms with van der Waals surface area (Å²) in [5.41, 5.74) is 3.94. The lowest BCUT2D eigenvalue weighted by Crippen LogP contribution is -2.69. The van der Waals surface area contributed by atoms with E-state index >= 15 is 0 Å². The van der Waals surface area contributed by atoms with E-state index in [1.54, 1.807) is 6.92 Å². The summed E-state index contributed by atoms with van der Waals surface area (Å²) < 4.78 is 23.8. The number of phenolic OH excluding ortho intramolecular Hbond substituents is 1. The number of aryl methyl sites for hydroxylation is 1. The Hall–Kier alpha value is -3.56. The van der Waals surface area contributed by atoms with E-state index in [-0.39, 0.29) is 35.7 Å². The number of esters is 1. The molecule has 61 heavy (non-hydrogen) atoms. The number of rotatable bonds is 22. The molecule has 2 bridgehead atoms. The number of hydrogen-bond donors (Lipinski definition) is 4. The van der Waals surface area contributed by atoms with Gasteiger partial charge in [-0.05, 0) is 51.8 Å². The molecule has 0 aromatic heterocycles. The van der Waals surface area contributed by atoms with Crippen molar-refractivity contribution in [2.24, 2.45) is 0 Å². The van der Waals surface area contributed by atoms with Crippen molar-refractivity contribution in [3.05, 3.63) is 39.4 Å². The molecule has 0 aliphatic carbocycles. The van der Waals surface area contributed by atoms with Crippen LogP contribution in [-0.4, -0.2) is 100 Å². The molecule has 13 nitrogen and oxygen atoms in total. The van der Waals surface area contributed by atoms with Crippen LogP contribution < -0.4 is 24.3 Å². The summed E-state index contributed by atoms with van der Waals surface area (Å²) >= 11 is 1.40. The molecule has 6 rings (SSSR count). The molecule has 14 heteroatoms. The Balaban J connectivity index is 1.26. The predicted octanol–water partition coefficient (Wildman–Crippen LogP) is 7.65. The molecule has 2 aromatic carbocycles. The summed E-state index contributed by atoms with van der Waals surface area (Å²) in [6.45, 7) is 8.20. The molecular weight excluding hydrogens is 799 g/mol. The Bertz CT molecular complexity index is 1890. The fraction of sp³-hybridized carbons (Fsp3) is 0.681. The van der Waals surface area contributed by atoms with Gasteiger partial charge in [-0.15, -0.1) is 11.8 Å². The zero-order chi connectivity index (χ0) is 44.0. The van der Waals surface area contributed by atoms with Crippen molar-refractivity contribution in [1.29, 1.82) is 0 Å². The van der Waals surface area contributed by atoms with Gasteiger partial charge in [0.15, 0.2) is 28.8 Å². The number of amides is 1. The first-order chi connectivity index (χ1) is 29.4. The van der Waals surface area contributed by atoms with Crippen molar-refractivity contribution in [2.75, 3.05) is 33.3 Å². The van der Waals surface area contributed by atoms with Crippen molar-refractivity contribution < 1.29 is 48.7 Å². The number of thioether (sulfide) groups is 1. The van der Waals surface area contributed by atoms with Crippen molar-refractivity contribution in [3.63, 3.8) is 0 Å². The maximum absolute atomic E-state index is 13.4. The molecule has 0 radical (unpaired) electrons. The van der Waals surface area contributed by atoms with Crippen LogP contribution >= 0.6 is 11.8 Å². The van der Waals surface area contributed by atoms with E-state index in [0.717, 1.165) is 36.8 Å². The molecule has 0 saturated carbocycles. The summed E-state index contributed by atoms with van der Waals surface area (Å²) in [6.07, 6.45) is 15.4. The van der Waals surface area contributed by atoms with Crippen LogP contribution in [0.1, 0.15) is 161 Å². The number of phenols is 1. The SMILES string of the molecule is CCCCCCCCCCCCCCCC(=O)N[C@@H](CS[C@@H]1c2c(OC(C)=O)c(C)c3c(c2[C@H](CO)N2C1[C@H]1c4c(cc(C)c(OC)c4O)C[C@@H](C2O)N1C)OCO3)C(C)=O. The minimum Gasteiger partial charge on any atom is -0.504 e. The number of ketones is 1. The lowest BCUT2D eigenvalue weighted by molar-refractivity contribution is -0.178. The Morgan fingerprint density at radius 1 is 0.918 bits per heavy atom. The Labute approximate surface area is 366 Å². The minimum atomic E-state index is -1.09. The number of hydrogen-bond acceptors (Lipinski definition) is 13. The average molecular weight is 868 g/mol. The van der Waals surface area contributed by atoms with Crippen molar-refractivity contribution in [2.45, 2.75) is 173 Å². The minimum absolute atomic E-state index is 0.00311. The molecule has 338 valence electrons. The molecule has 2 aromatic rings. The summed E-state index contributed by atoms with van der Waals surface area (Å²) in [5.74, 6) is 0.635. The molecule has 1 saturated heterocycles. The third kappa shape index (κ3) is 9.83. The highest BCUT2D eigenvalue weighted by molar-refractivity contribution is 7.99. The molecule has 0 spiro atoms. The standard InChI is InChI=1S/C47H69N3O10S/c1-8-9-10-11-12-13-14-15-16-17-18-19-20-21-35(54)48-32(29(4)52)25-61-46-38-37(45-44(58-26-59-45)28(3)43(38)60-30(5)53)34(24-51)50-40(46)39-36-31(23-33(47(50)56)49(39)6)22-27(2)42(57-7)41(36)55/h22,32-34,39-40,46-47,51,55-56H,8-21,23-26H2,1-7H3,(H,48,54)/t32-,33-,34-,39+,40?,46+,47?/m0/s1. The van der Waals surface area contributed by atoms with Crippen LogP contribution in [0.5, 0.6) is 28.7 Å². The van der Waals surface area contributed by atoms with E-state index in [2.05, 4.69) is 17.1 Å². The van der Waals surface area contributed by atoms with Gasteiger partial charge in [-0.3, -0.25) is 24.2 Å². The smallest absolute Gasteiger partial charge is 0.308 e. The van der Waals surface area contributed by atoms with E-state index < -0.39 is 54.3 Å². The average Bonchev–Trinajstić information content (AvgIpc) is 3.72. The highest BCUT2D eigenvalue weighted by atomic mass is 32.2. The van der Waals surface area contributed by atoms with Crippen LogP contribution in [-0.2, 0) is 20.8 Å². The summed E-state index contributed by atoms with van der Waals surface area (Å²) in [4.78, 5) is 43.5. The normalized spacial score (nSPS) is 23.2. The van der Waals surface area contributed by atoms with Crippen molar-refractivity contribution in [3.8, 4) is 28.7 Å². The summed E-state index contributed by atoms with van der Waals surface area (Å²) in [7, 11) is 3.44. The van der Waals surface area contributed by atoms with Gasteiger partial charge in [-0.1, -0.05) is 90.0 Å². The van der Waals surface area contributed by atoms with Crippen LogP contribution in [0.25, 0.3) is 0 Å². The van der Waals surface area contributed by atoms with E-state index in [1.165, 1.54) is 90.5 Å². The highest BCUT2D eigenvalue weighted by Gasteiger charge is 2.59. The number of carbonyl (C=O) groups is 3. The molecule has 4 aliphatic rings. The van der Waals surface area contributed by atoms with Crippen LogP contribution in [0.2, 0.25) is 0 Å². The molecule has 4 N–H and O–H groups in total. The van der Waals surface area contributed by atoms with E-state index in [1.807, 2.05) is 24.9 Å². The first-order valence-corrected chi connectivity index (χ1v) is 23.6. The summed E-state index contributed by atoms with van der Waals surface area (Å²) in [5, 5.41) is 38.0. The second-order valence-electron chi connectivity index (χ2n) is 17.5. The zero-order valence-corrected chi connectivity index (χ0v) is 38.2.